The maximum absolute atomic E-state index is 13.0. The van der Waals surface area contributed by atoms with E-state index in [1.807, 2.05) is 12.1 Å². The molecule has 1 fully saturated rings. The monoisotopic (exact) mass is 488 g/mol. The predicted molar refractivity (Wildman–Crippen MR) is 127 cm³/mol. The Hall–Kier alpha value is -2.30. The fourth-order valence-corrected chi connectivity index (χ4v) is 5.91. The number of hydrogen-bond donors (Lipinski definition) is 1. The van der Waals surface area contributed by atoms with E-state index in [4.69, 9.17) is 9.47 Å². The Bertz CT molecular complexity index is 1080. The summed E-state index contributed by atoms with van der Waals surface area (Å²) in [5, 5.41) is 10.4. The molecule has 9 heteroatoms. The van der Waals surface area contributed by atoms with Crippen LogP contribution in [0.4, 0.5) is 0 Å². The van der Waals surface area contributed by atoms with Gasteiger partial charge in [-0.25, -0.2) is 8.42 Å². The highest BCUT2D eigenvalue weighted by Crippen LogP contribution is 2.27. The van der Waals surface area contributed by atoms with Crippen molar-refractivity contribution in [3.8, 4) is 5.75 Å². The summed E-state index contributed by atoms with van der Waals surface area (Å²) in [5.74, 6) is -0.0171. The van der Waals surface area contributed by atoms with Gasteiger partial charge in [-0.2, -0.15) is 4.31 Å². The number of fused-ring (bicyclic) bond motifs is 1. The van der Waals surface area contributed by atoms with Crippen LogP contribution in [-0.2, 0) is 32.5 Å². The largest absolute Gasteiger partial charge is 0.484 e. The van der Waals surface area contributed by atoms with Crippen molar-refractivity contribution in [2.24, 2.45) is 0 Å². The van der Waals surface area contributed by atoms with Crippen molar-refractivity contribution < 1.29 is 27.8 Å². The number of carbonyl (C=O) groups excluding carboxylic acids is 1. The number of carbonyl (C=O) groups is 1. The first-order valence-corrected chi connectivity index (χ1v) is 13.2. The molecule has 1 atom stereocenters. The Labute approximate surface area is 201 Å². The van der Waals surface area contributed by atoms with Gasteiger partial charge in [-0.05, 0) is 36.1 Å². The van der Waals surface area contributed by atoms with Crippen LogP contribution in [-0.4, -0.2) is 80.6 Å². The molecule has 2 aromatic rings. The quantitative estimate of drug-likeness (QED) is 0.545. The number of β-amino-alcohol motifs (C(OH)–C–C–N with tert-alkyl or cyclic N) is 1. The van der Waals surface area contributed by atoms with Gasteiger partial charge in [0.15, 0.2) is 5.78 Å². The second-order valence-corrected chi connectivity index (χ2v) is 10.6. The number of rotatable bonds is 10. The van der Waals surface area contributed by atoms with Crippen LogP contribution in [0.2, 0.25) is 0 Å². The normalized spacial score (nSPS) is 18.3. The minimum atomic E-state index is -3.73. The van der Waals surface area contributed by atoms with Gasteiger partial charge < -0.3 is 14.6 Å². The molecule has 0 aromatic heterocycles. The molecule has 0 spiro atoms. The number of morpholine rings is 1. The summed E-state index contributed by atoms with van der Waals surface area (Å²) in [6, 6.07) is 14.7. The van der Waals surface area contributed by atoms with Gasteiger partial charge >= 0.3 is 0 Å². The summed E-state index contributed by atoms with van der Waals surface area (Å²) in [5.41, 5.74) is 2.65. The van der Waals surface area contributed by atoms with E-state index in [0.717, 1.165) is 19.5 Å². The topological polar surface area (TPSA) is 96.4 Å². The van der Waals surface area contributed by atoms with Crippen LogP contribution in [0.5, 0.6) is 5.75 Å². The molecule has 0 radical (unpaired) electrons. The molecule has 2 aliphatic heterocycles. The standard InChI is InChI=1S/C25H32N2O6S/c28-22(18-26-12-11-20-5-1-2-6-21(20)17-26)9-10-23(29)19-33-24-7-3-4-8-25(24)34(30,31)27-13-15-32-16-14-27/h1-8,22,28H,9-19H2. The molecule has 2 aliphatic rings. The molecule has 0 bridgehead atoms. The highest BCUT2D eigenvalue weighted by atomic mass is 32.2. The van der Waals surface area contributed by atoms with Crippen molar-refractivity contribution in [1.29, 1.82) is 0 Å². The Morgan fingerprint density at radius 1 is 1.03 bits per heavy atom. The first-order chi connectivity index (χ1) is 16.4. The van der Waals surface area contributed by atoms with Crippen molar-refractivity contribution in [1.82, 2.24) is 9.21 Å². The van der Waals surface area contributed by atoms with E-state index in [1.54, 1.807) is 18.2 Å². The molecule has 34 heavy (non-hydrogen) atoms. The second-order valence-electron chi connectivity index (χ2n) is 8.74. The predicted octanol–water partition coefficient (Wildman–Crippen LogP) is 1.85. The average Bonchev–Trinajstić information content (AvgIpc) is 2.87. The van der Waals surface area contributed by atoms with Gasteiger partial charge in [-0.3, -0.25) is 9.69 Å². The fraction of sp³-hybridized carbons (Fsp3) is 0.480. The third-order valence-corrected chi connectivity index (χ3v) is 8.20. The summed E-state index contributed by atoms with van der Waals surface area (Å²) in [6.45, 7) is 3.26. The van der Waals surface area contributed by atoms with E-state index in [1.165, 1.54) is 21.5 Å². The molecule has 4 rings (SSSR count). The SMILES string of the molecule is O=C(CCC(O)CN1CCc2ccccc2C1)COc1ccccc1S(=O)(=O)N1CCOCC1. The summed E-state index contributed by atoms with van der Waals surface area (Å²) in [6.07, 6.45) is 0.865. The molecule has 184 valence electrons. The van der Waals surface area contributed by atoms with Crippen LogP contribution in [0.25, 0.3) is 0 Å². The van der Waals surface area contributed by atoms with Gasteiger partial charge in [0.25, 0.3) is 0 Å². The number of nitrogens with zero attached hydrogens (tertiary/aromatic N) is 2. The molecule has 0 amide bonds. The third kappa shape index (κ3) is 6.22. The number of aliphatic hydroxyl groups excluding tert-OH is 1. The number of benzene rings is 2. The van der Waals surface area contributed by atoms with E-state index >= 15 is 0 Å². The van der Waals surface area contributed by atoms with E-state index in [2.05, 4.69) is 17.0 Å². The maximum atomic E-state index is 13.0. The minimum absolute atomic E-state index is 0.0510. The van der Waals surface area contributed by atoms with Crippen LogP contribution >= 0.6 is 0 Å². The van der Waals surface area contributed by atoms with Crippen LogP contribution in [0, 0.1) is 0 Å². The first-order valence-electron chi connectivity index (χ1n) is 11.7. The molecule has 2 aromatic carbocycles. The van der Waals surface area contributed by atoms with Gasteiger partial charge in [-0.15, -0.1) is 0 Å². The van der Waals surface area contributed by atoms with Gasteiger partial charge in [0, 0.05) is 39.1 Å². The summed E-state index contributed by atoms with van der Waals surface area (Å²) in [7, 11) is -3.73. The highest BCUT2D eigenvalue weighted by Gasteiger charge is 2.29. The molecule has 2 heterocycles. The fourth-order valence-electron chi connectivity index (χ4n) is 4.37. The molecule has 1 N–H and O–H groups in total. The number of hydrogen-bond acceptors (Lipinski definition) is 7. The van der Waals surface area contributed by atoms with E-state index < -0.39 is 16.1 Å². The molecule has 0 saturated carbocycles. The number of Topliss-reactive ketones (excluding diaryl/α,β-unsaturated/α-hetero) is 1. The average molecular weight is 489 g/mol. The van der Waals surface area contributed by atoms with E-state index in [-0.39, 0.29) is 42.5 Å². The highest BCUT2D eigenvalue weighted by molar-refractivity contribution is 7.89. The van der Waals surface area contributed by atoms with Gasteiger partial charge in [0.1, 0.15) is 17.3 Å². The Morgan fingerprint density at radius 2 is 1.74 bits per heavy atom. The maximum Gasteiger partial charge on any atom is 0.246 e. The van der Waals surface area contributed by atoms with Crippen molar-refractivity contribution in [2.45, 2.75) is 36.8 Å². The zero-order chi connectivity index (χ0) is 24.0. The molecule has 1 saturated heterocycles. The second kappa shape index (κ2) is 11.4. The number of sulfonamides is 1. The van der Waals surface area contributed by atoms with Crippen molar-refractivity contribution >= 4 is 15.8 Å². The smallest absolute Gasteiger partial charge is 0.246 e. The number of ketones is 1. The van der Waals surface area contributed by atoms with E-state index in [9.17, 15) is 18.3 Å². The molecular formula is C25H32N2O6S. The zero-order valence-corrected chi connectivity index (χ0v) is 20.1. The number of aliphatic hydroxyl groups is 1. The van der Waals surface area contributed by atoms with Crippen molar-refractivity contribution in [3.63, 3.8) is 0 Å². The number of ether oxygens (including phenoxy) is 2. The molecular weight excluding hydrogens is 456 g/mol. The summed E-state index contributed by atoms with van der Waals surface area (Å²) < 4.78 is 38.2. The third-order valence-electron chi connectivity index (χ3n) is 6.26. The Balaban J connectivity index is 1.25. The summed E-state index contributed by atoms with van der Waals surface area (Å²) in [4.78, 5) is 14.7. The van der Waals surface area contributed by atoms with Gasteiger partial charge in [0.05, 0.1) is 19.3 Å². The number of para-hydroxylation sites is 1. The zero-order valence-electron chi connectivity index (χ0n) is 19.3. The Morgan fingerprint density at radius 3 is 2.53 bits per heavy atom. The molecule has 1 unspecified atom stereocenters. The summed E-state index contributed by atoms with van der Waals surface area (Å²) >= 11 is 0. The lowest BCUT2D eigenvalue weighted by molar-refractivity contribution is -0.121. The lowest BCUT2D eigenvalue weighted by Gasteiger charge is -2.30. The lowest BCUT2D eigenvalue weighted by Crippen LogP contribution is -2.40. The van der Waals surface area contributed by atoms with Crippen molar-refractivity contribution in [2.75, 3.05) is 46.0 Å². The Kier molecular flexibility index (Phi) is 8.33. The van der Waals surface area contributed by atoms with Gasteiger partial charge in [-0.1, -0.05) is 36.4 Å². The van der Waals surface area contributed by atoms with Crippen LogP contribution in [0.15, 0.2) is 53.4 Å². The van der Waals surface area contributed by atoms with Crippen LogP contribution in [0.3, 0.4) is 0 Å². The van der Waals surface area contributed by atoms with Gasteiger partial charge in [0.2, 0.25) is 10.0 Å². The van der Waals surface area contributed by atoms with Crippen LogP contribution in [0.1, 0.15) is 24.0 Å². The van der Waals surface area contributed by atoms with E-state index in [0.29, 0.717) is 26.2 Å². The first kappa shape index (κ1) is 24.8. The molecule has 8 nitrogen and oxygen atoms in total. The van der Waals surface area contributed by atoms with Crippen LogP contribution < -0.4 is 4.74 Å². The van der Waals surface area contributed by atoms with Crippen molar-refractivity contribution in [3.05, 3.63) is 59.7 Å². The lowest BCUT2D eigenvalue weighted by atomic mass is 9.99. The minimum Gasteiger partial charge on any atom is -0.484 e. The molecule has 0 aliphatic carbocycles.